The standard InChI is InChI=1S/C34H23F3N4O9S2/c1-18-14-19(10-12-25(18)38-40-30-28(51(44,45)46)16-21-6-2-4-8-23(21)32(30)42)20-11-13-26(27(15-20)50-34(35,36)37)39-41-31-29(52(47,48)49)17-22-7-3-5-9-24(22)33(31)43/h2-17,42-43H,1H3,(H,44,45,46)(H,47,48,49). The van der Waals surface area contributed by atoms with Gasteiger partial charge >= 0.3 is 6.36 Å². The number of aryl methyl sites for hydroxylation is 1. The third-order valence-corrected chi connectivity index (χ3v) is 9.44. The lowest BCUT2D eigenvalue weighted by Gasteiger charge is -2.13. The summed E-state index contributed by atoms with van der Waals surface area (Å²) >= 11 is 0. The second-order valence-corrected chi connectivity index (χ2v) is 13.9. The molecular formula is C34H23F3N4O9S2. The van der Waals surface area contributed by atoms with Gasteiger partial charge in [-0.05, 0) is 70.8 Å². The molecule has 0 fully saturated rings. The highest BCUT2D eigenvalue weighted by Gasteiger charge is 2.33. The van der Waals surface area contributed by atoms with Gasteiger partial charge in [-0.25, -0.2) is 0 Å². The van der Waals surface area contributed by atoms with Gasteiger partial charge in [0.2, 0.25) is 0 Å². The van der Waals surface area contributed by atoms with Gasteiger partial charge in [-0.2, -0.15) is 21.9 Å². The Morgan fingerprint density at radius 1 is 0.596 bits per heavy atom. The van der Waals surface area contributed by atoms with Gasteiger partial charge in [0, 0.05) is 10.8 Å². The van der Waals surface area contributed by atoms with Crippen molar-refractivity contribution in [3.05, 3.63) is 103 Å². The molecule has 0 heterocycles. The molecule has 13 nitrogen and oxygen atoms in total. The van der Waals surface area contributed by atoms with Gasteiger partial charge in [0.1, 0.15) is 26.9 Å². The zero-order chi connectivity index (χ0) is 37.6. The fraction of sp³-hybridized carbons (Fsp3) is 0.0588. The molecule has 0 aromatic heterocycles. The molecule has 0 bridgehead atoms. The number of benzene rings is 6. The van der Waals surface area contributed by atoms with E-state index in [4.69, 9.17) is 0 Å². The van der Waals surface area contributed by atoms with Crippen LogP contribution in [0.25, 0.3) is 32.7 Å². The normalized spacial score (nSPS) is 12.7. The molecular weight excluding hydrogens is 730 g/mol. The minimum absolute atomic E-state index is 0.136. The van der Waals surface area contributed by atoms with Crippen LogP contribution in [-0.4, -0.2) is 42.5 Å². The zero-order valence-corrected chi connectivity index (χ0v) is 27.9. The van der Waals surface area contributed by atoms with Crippen LogP contribution in [0.1, 0.15) is 5.56 Å². The highest BCUT2D eigenvalue weighted by atomic mass is 32.2. The van der Waals surface area contributed by atoms with Crippen molar-refractivity contribution in [1.29, 1.82) is 0 Å². The van der Waals surface area contributed by atoms with Crippen molar-refractivity contribution >= 4 is 64.5 Å². The minimum atomic E-state index is -5.19. The average Bonchev–Trinajstić information content (AvgIpc) is 3.06. The number of phenolic OH excluding ortho intramolecular Hbond substituents is 2. The van der Waals surface area contributed by atoms with Crippen LogP contribution in [0.3, 0.4) is 0 Å². The van der Waals surface area contributed by atoms with Gasteiger partial charge in [-0.1, -0.05) is 60.7 Å². The van der Waals surface area contributed by atoms with E-state index in [0.717, 1.165) is 24.3 Å². The lowest BCUT2D eigenvalue weighted by atomic mass is 10.0. The van der Waals surface area contributed by atoms with Crippen LogP contribution in [0.15, 0.2) is 127 Å². The van der Waals surface area contributed by atoms with Gasteiger partial charge < -0.3 is 14.9 Å². The van der Waals surface area contributed by atoms with Gasteiger partial charge in [0.05, 0.1) is 5.69 Å². The number of azo groups is 2. The summed E-state index contributed by atoms with van der Waals surface area (Å²) in [5.74, 6) is -2.07. The fourth-order valence-corrected chi connectivity index (χ4v) is 6.62. The van der Waals surface area contributed by atoms with Gasteiger partial charge in [0.25, 0.3) is 20.2 Å². The summed E-state index contributed by atoms with van der Waals surface area (Å²) < 4.78 is 113. The maximum Gasteiger partial charge on any atom is 0.573 e. The lowest BCUT2D eigenvalue weighted by Crippen LogP contribution is -2.17. The summed E-state index contributed by atoms with van der Waals surface area (Å²) in [6.07, 6.45) is -5.19. The van der Waals surface area contributed by atoms with Crippen LogP contribution in [0.5, 0.6) is 17.2 Å². The third kappa shape index (κ3) is 7.40. The molecule has 6 aromatic carbocycles. The van der Waals surface area contributed by atoms with E-state index in [1.807, 2.05) is 0 Å². The predicted molar refractivity (Wildman–Crippen MR) is 183 cm³/mol. The minimum Gasteiger partial charge on any atom is -0.505 e. The average molecular weight is 753 g/mol. The SMILES string of the molecule is Cc1cc(-c2ccc(N=Nc3c(S(=O)(=O)O)cc4ccccc4c3O)c(OC(F)(F)F)c2)ccc1N=Nc1c(S(=O)(=O)O)cc2ccccc2c1O. The highest BCUT2D eigenvalue weighted by Crippen LogP contribution is 2.44. The van der Waals surface area contributed by atoms with E-state index in [2.05, 4.69) is 25.2 Å². The van der Waals surface area contributed by atoms with E-state index in [1.54, 1.807) is 25.1 Å². The van der Waals surface area contributed by atoms with Crippen LogP contribution in [0.2, 0.25) is 0 Å². The Kier molecular flexibility index (Phi) is 9.18. The van der Waals surface area contributed by atoms with E-state index in [1.165, 1.54) is 54.6 Å². The molecule has 6 aromatic rings. The van der Waals surface area contributed by atoms with Gasteiger partial charge in [-0.3, -0.25) is 9.11 Å². The molecule has 0 aliphatic heterocycles. The van der Waals surface area contributed by atoms with Crippen molar-refractivity contribution in [2.75, 3.05) is 0 Å². The quantitative estimate of drug-likeness (QED) is 0.0860. The first-order valence-electron chi connectivity index (χ1n) is 14.7. The number of hydrogen-bond donors (Lipinski definition) is 4. The molecule has 4 N–H and O–H groups in total. The van der Waals surface area contributed by atoms with Gasteiger partial charge in [-0.15, -0.1) is 28.5 Å². The molecule has 18 heteroatoms. The van der Waals surface area contributed by atoms with Crippen molar-refractivity contribution in [2.45, 2.75) is 23.1 Å². The van der Waals surface area contributed by atoms with E-state index in [9.17, 15) is 49.3 Å². The fourth-order valence-electron chi connectivity index (χ4n) is 5.31. The summed E-state index contributed by atoms with van der Waals surface area (Å²) in [5.41, 5.74) is -0.589. The smallest absolute Gasteiger partial charge is 0.505 e. The van der Waals surface area contributed by atoms with E-state index < -0.39 is 70.7 Å². The van der Waals surface area contributed by atoms with E-state index >= 15 is 0 Å². The van der Waals surface area contributed by atoms with Gasteiger partial charge in [0.15, 0.2) is 17.2 Å². The first-order valence-corrected chi connectivity index (χ1v) is 17.6. The number of alkyl halides is 3. The molecule has 0 unspecified atom stereocenters. The second kappa shape index (κ2) is 13.3. The van der Waals surface area contributed by atoms with Crippen LogP contribution < -0.4 is 4.74 Å². The Morgan fingerprint density at radius 3 is 1.50 bits per heavy atom. The van der Waals surface area contributed by atoms with Crippen molar-refractivity contribution in [3.63, 3.8) is 0 Å². The van der Waals surface area contributed by atoms with Crippen LogP contribution in [-0.2, 0) is 20.2 Å². The number of fused-ring (bicyclic) bond motifs is 2. The molecule has 0 saturated carbocycles. The predicted octanol–water partition coefficient (Wildman–Crippen LogP) is 9.60. The highest BCUT2D eigenvalue weighted by molar-refractivity contribution is 7.86. The zero-order valence-electron chi connectivity index (χ0n) is 26.3. The van der Waals surface area contributed by atoms with Crippen LogP contribution in [0, 0.1) is 6.92 Å². The second-order valence-electron chi connectivity index (χ2n) is 11.2. The number of aromatic hydroxyl groups is 2. The number of ether oxygens (including phenoxy) is 1. The molecule has 6 rings (SSSR count). The molecule has 0 amide bonds. The maximum absolute atomic E-state index is 13.5. The maximum atomic E-state index is 13.5. The Balaban J connectivity index is 1.37. The van der Waals surface area contributed by atoms with Crippen LogP contribution in [0.4, 0.5) is 35.9 Å². The largest absolute Gasteiger partial charge is 0.573 e. The van der Waals surface area contributed by atoms with Crippen molar-refractivity contribution < 1.29 is 54.1 Å². The molecule has 266 valence electrons. The summed E-state index contributed by atoms with van der Waals surface area (Å²) in [6, 6.07) is 22.3. The first kappa shape index (κ1) is 35.9. The van der Waals surface area contributed by atoms with E-state index in [-0.39, 0.29) is 27.4 Å². The Morgan fingerprint density at radius 2 is 1.04 bits per heavy atom. The molecule has 0 spiro atoms. The Bertz CT molecular complexity index is 2700. The molecule has 0 aliphatic carbocycles. The summed E-state index contributed by atoms with van der Waals surface area (Å²) in [4.78, 5) is -1.51. The monoisotopic (exact) mass is 752 g/mol. The molecule has 52 heavy (non-hydrogen) atoms. The van der Waals surface area contributed by atoms with Crippen molar-refractivity contribution in [1.82, 2.24) is 0 Å². The number of nitrogens with zero attached hydrogens (tertiary/aromatic N) is 4. The molecule has 0 aliphatic rings. The van der Waals surface area contributed by atoms with Crippen LogP contribution >= 0.6 is 0 Å². The summed E-state index contributed by atoms with van der Waals surface area (Å²) in [7, 11) is -9.81. The number of hydrogen-bond acceptors (Lipinski definition) is 11. The Hall–Kier alpha value is -5.95. The molecule has 0 saturated heterocycles. The summed E-state index contributed by atoms with van der Waals surface area (Å²) in [6.45, 7) is 1.58. The molecule has 0 atom stereocenters. The number of rotatable bonds is 8. The topological polar surface area (TPSA) is 208 Å². The third-order valence-electron chi connectivity index (χ3n) is 7.71. The first-order chi connectivity index (χ1) is 24.4. The lowest BCUT2D eigenvalue weighted by molar-refractivity contribution is -0.274. The Labute approximate surface area is 292 Å². The van der Waals surface area contributed by atoms with E-state index in [0.29, 0.717) is 16.5 Å². The van der Waals surface area contributed by atoms with Crippen molar-refractivity contribution in [3.8, 4) is 28.4 Å². The number of halogens is 3. The number of phenols is 2. The van der Waals surface area contributed by atoms with Crippen molar-refractivity contribution in [2.24, 2.45) is 20.5 Å². The summed E-state index contributed by atoms with van der Waals surface area (Å²) in [5, 5.41) is 37.9. The molecule has 0 radical (unpaired) electrons.